The van der Waals surface area contributed by atoms with Gasteiger partial charge in [-0.25, -0.2) is 4.57 Å². The Morgan fingerprint density at radius 3 is 1.41 bits per heavy atom. The number of phosphoric ester groups is 1. The van der Waals surface area contributed by atoms with Crippen LogP contribution in [0.15, 0.2) is 85.1 Å². The van der Waals surface area contributed by atoms with Crippen LogP contribution >= 0.6 is 7.82 Å². The highest BCUT2D eigenvalue weighted by molar-refractivity contribution is 7.47. The number of allylic oxidation sites excluding steroid dienone is 14. The molecule has 338 valence electrons. The molecule has 0 bridgehead atoms. The summed E-state index contributed by atoms with van der Waals surface area (Å²) in [6, 6.07) is 0. The van der Waals surface area contributed by atoms with Crippen LogP contribution in [0, 0.1) is 0 Å². The summed E-state index contributed by atoms with van der Waals surface area (Å²) < 4.78 is 32.7. The lowest BCUT2D eigenvalue weighted by Crippen LogP contribution is -2.29. The van der Waals surface area contributed by atoms with E-state index in [2.05, 4.69) is 103 Å². The zero-order valence-electron chi connectivity index (χ0n) is 36.7. The van der Waals surface area contributed by atoms with Gasteiger partial charge in [0, 0.05) is 12.8 Å². The van der Waals surface area contributed by atoms with Crippen LogP contribution in [0.1, 0.15) is 168 Å². The minimum absolute atomic E-state index is 0.154. The van der Waals surface area contributed by atoms with Crippen molar-refractivity contribution in [3.8, 4) is 0 Å². The van der Waals surface area contributed by atoms with Crippen LogP contribution in [0.4, 0.5) is 0 Å². The fourth-order valence-electron chi connectivity index (χ4n) is 5.58. The Labute approximate surface area is 358 Å². The first-order valence-corrected chi connectivity index (χ1v) is 24.0. The van der Waals surface area contributed by atoms with E-state index >= 15 is 0 Å². The molecule has 3 atom stereocenters. The minimum atomic E-state index is -4.63. The predicted octanol–water partition coefficient (Wildman–Crippen LogP) is 12.2. The third-order valence-corrected chi connectivity index (χ3v) is 9.98. The van der Waals surface area contributed by atoms with Gasteiger partial charge in [0.1, 0.15) is 12.7 Å². The van der Waals surface area contributed by atoms with Crippen LogP contribution in [0.25, 0.3) is 0 Å². The second-order valence-corrected chi connectivity index (χ2v) is 16.1. The molecule has 1 unspecified atom stereocenters. The van der Waals surface area contributed by atoms with Gasteiger partial charge in [-0.3, -0.25) is 18.6 Å². The molecule has 0 radical (unpaired) electrons. The van der Waals surface area contributed by atoms with E-state index in [9.17, 15) is 24.2 Å². The lowest BCUT2D eigenvalue weighted by atomic mass is 10.1. The van der Waals surface area contributed by atoms with E-state index < -0.39 is 51.8 Å². The minimum Gasteiger partial charge on any atom is -0.462 e. The number of rotatable bonds is 41. The summed E-state index contributed by atoms with van der Waals surface area (Å²) in [7, 11) is -4.63. The Morgan fingerprint density at radius 2 is 0.932 bits per heavy atom. The van der Waals surface area contributed by atoms with Gasteiger partial charge in [-0.05, 0) is 89.9 Å². The highest BCUT2D eigenvalue weighted by Crippen LogP contribution is 2.43. The number of carbonyl (C=O) groups is 2. The second-order valence-electron chi connectivity index (χ2n) is 14.7. The highest BCUT2D eigenvalue weighted by Gasteiger charge is 2.27. The van der Waals surface area contributed by atoms with E-state index in [0.29, 0.717) is 12.8 Å². The van der Waals surface area contributed by atoms with Crippen molar-refractivity contribution < 1.29 is 47.8 Å². The van der Waals surface area contributed by atoms with Crippen molar-refractivity contribution in [2.45, 2.75) is 180 Å². The number of aliphatic hydroxyl groups excluding tert-OH is 2. The quantitative estimate of drug-likeness (QED) is 0.0235. The highest BCUT2D eigenvalue weighted by atomic mass is 31.2. The summed E-state index contributed by atoms with van der Waals surface area (Å²) in [6.07, 6.45) is 51.1. The first-order valence-electron chi connectivity index (χ1n) is 22.5. The molecule has 0 aliphatic rings. The molecule has 3 N–H and O–H groups in total. The summed E-state index contributed by atoms with van der Waals surface area (Å²) in [5, 5.41) is 18.3. The van der Waals surface area contributed by atoms with Gasteiger partial charge in [-0.15, -0.1) is 0 Å². The van der Waals surface area contributed by atoms with Crippen LogP contribution in [0.3, 0.4) is 0 Å². The molecular weight excluding hydrogens is 767 g/mol. The number of ether oxygens (including phenoxy) is 2. The molecule has 0 aromatic rings. The fraction of sp³-hybridized carbons (Fsp3) is 0.667. The van der Waals surface area contributed by atoms with Gasteiger partial charge < -0.3 is 24.6 Å². The van der Waals surface area contributed by atoms with E-state index in [1.807, 2.05) is 0 Å². The summed E-state index contributed by atoms with van der Waals surface area (Å²) in [6.45, 7) is 2.18. The number of esters is 2. The average Bonchev–Trinajstić information content (AvgIpc) is 3.22. The van der Waals surface area contributed by atoms with Gasteiger partial charge in [-0.1, -0.05) is 150 Å². The third kappa shape index (κ3) is 43.1. The molecule has 11 heteroatoms. The van der Waals surface area contributed by atoms with E-state index in [0.717, 1.165) is 103 Å². The molecule has 0 heterocycles. The predicted molar refractivity (Wildman–Crippen MR) is 242 cm³/mol. The average molecular weight is 849 g/mol. The molecule has 0 spiro atoms. The van der Waals surface area contributed by atoms with Gasteiger partial charge in [0.2, 0.25) is 0 Å². The van der Waals surface area contributed by atoms with Crippen molar-refractivity contribution in [2.24, 2.45) is 0 Å². The normalized spacial score (nSPS) is 14.6. The Bertz CT molecular complexity index is 1250. The molecule has 0 saturated carbocycles. The molecule has 0 fully saturated rings. The number of hydrogen-bond acceptors (Lipinski definition) is 9. The summed E-state index contributed by atoms with van der Waals surface area (Å²) in [4.78, 5) is 35.0. The lowest BCUT2D eigenvalue weighted by Gasteiger charge is -2.20. The van der Waals surface area contributed by atoms with E-state index in [1.54, 1.807) is 0 Å². The van der Waals surface area contributed by atoms with Gasteiger partial charge in [0.25, 0.3) is 0 Å². The van der Waals surface area contributed by atoms with Crippen molar-refractivity contribution in [3.63, 3.8) is 0 Å². The summed E-state index contributed by atoms with van der Waals surface area (Å²) in [5.74, 6) is -0.973. The topological polar surface area (TPSA) is 149 Å². The van der Waals surface area contributed by atoms with E-state index in [1.165, 1.54) is 25.7 Å². The second kappa shape index (κ2) is 43.2. The van der Waals surface area contributed by atoms with Crippen LogP contribution in [-0.4, -0.2) is 65.7 Å². The molecule has 0 aliphatic heterocycles. The molecule has 0 saturated heterocycles. The first kappa shape index (κ1) is 56.1. The maximum Gasteiger partial charge on any atom is 0.472 e. The largest absolute Gasteiger partial charge is 0.472 e. The van der Waals surface area contributed by atoms with Crippen molar-refractivity contribution >= 4 is 19.8 Å². The molecule has 0 amide bonds. The molecule has 0 aromatic carbocycles. The van der Waals surface area contributed by atoms with E-state index in [-0.39, 0.29) is 19.4 Å². The molecule has 0 aromatic heterocycles. The molecule has 0 rings (SSSR count). The number of phosphoric acid groups is 1. The molecule has 59 heavy (non-hydrogen) atoms. The SMILES string of the molecule is CC/C=C\C/C=C\C/C=C\CCCCCCCC(=O)OC[C@H](COP(=O)(O)OC[C@@H](O)CO)OC(=O)CCCCCCC/C=C\C/C=C\C/C=C\C/C=C\CCCCC. The molecule has 10 nitrogen and oxygen atoms in total. The molecule has 0 aliphatic carbocycles. The van der Waals surface area contributed by atoms with Crippen LogP contribution in [-0.2, 0) is 32.7 Å². The number of hydrogen-bond donors (Lipinski definition) is 3. The lowest BCUT2D eigenvalue weighted by molar-refractivity contribution is -0.161. The van der Waals surface area contributed by atoms with Gasteiger partial charge in [0.05, 0.1) is 19.8 Å². The summed E-state index contributed by atoms with van der Waals surface area (Å²) >= 11 is 0. The zero-order chi connectivity index (χ0) is 43.3. The maximum absolute atomic E-state index is 12.6. The maximum atomic E-state index is 12.6. The molecular formula is C48H81O10P. The number of carbonyl (C=O) groups excluding carboxylic acids is 2. The van der Waals surface area contributed by atoms with Crippen LogP contribution in [0.5, 0.6) is 0 Å². The van der Waals surface area contributed by atoms with Crippen molar-refractivity contribution in [3.05, 3.63) is 85.1 Å². The Balaban J connectivity index is 4.35. The summed E-state index contributed by atoms with van der Waals surface area (Å²) in [5.41, 5.74) is 0. The fourth-order valence-corrected chi connectivity index (χ4v) is 6.37. The van der Waals surface area contributed by atoms with Crippen LogP contribution < -0.4 is 0 Å². The number of aliphatic hydroxyl groups is 2. The van der Waals surface area contributed by atoms with Crippen molar-refractivity contribution in [1.82, 2.24) is 0 Å². The Kier molecular flexibility index (Phi) is 41.2. The smallest absolute Gasteiger partial charge is 0.462 e. The zero-order valence-corrected chi connectivity index (χ0v) is 37.6. The third-order valence-electron chi connectivity index (χ3n) is 9.03. The van der Waals surface area contributed by atoms with Gasteiger partial charge in [-0.2, -0.15) is 0 Å². The standard InChI is InChI=1S/C48H81O10P/c1-3-5-7-9-11-13-15-17-19-20-21-22-23-24-26-28-30-32-34-36-38-40-48(52)58-46(44-57-59(53,54)56-42-45(50)41-49)43-55-47(51)39-37-35-33-31-29-27-25-18-16-14-12-10-8-6-4-2/h6,8,11-14,17-19,21-22,24-26,45-46,49-50H,3-5,7,9-10,15-16,20,23,27-44H2,1-2H3,(H,53,54)/b8-6-,13-11-,14-12-,19-17-,22-21-,25-18-,26-24-/t45-,46+/m0/s1. The first-order chi connectivity index (χ1) is 28.7. The monoisotopic (exact) mass is 849 g/mol. The van der Waals surface area contributed by atoms with Crippen molar-refractivity contribution in [2.75, 3.05) is 26.4 Å². The van der Waals surface area contributed by atoms with Gasteiger partial charge in [0.15, 0.2) is 6.10 Å². The van der Waals surface area contributed by atoms with Gasteiger partial charge >= 0.3 is 19.8 Å². The van der Waals surface area contributed by atoms with Crippen LogP contribution in [0.2, 0.25) is 0 Å². The Morgan fingerprint density at radius 1 is 0.525 bits per heavy atom. The Hall–Kier alpha value is -2.85. The van der Waals surface area contributed by atoms with E-state index in [4.69, 9.17) is 19.1 Å². The van der Waals surface area contributed by atoms with Crippen molar-refractivity contribution in [1.29, 1.82) is 0 Å². The number of unbranched alkanes of at least 4 members (excludes halogenated alkanes) is 13.